The molecule has 0 aliphatic heterocycles. The van der Waals surface area contributed by atoms with E-state index in [0.717, 1.165) is 0 Å². The van der Waals surface area contributed by atoms with Crippen LogP contribution in [0, 0.1) is 5.92 Å². The van der Waals surface area contributed by atoms with E-state index in [9.17, 15) is 19.5 Å². The van der Waals surface area contributed by atoms with Gasteiger partial charge in [-0.15, -0.1) is 0 Å². The van der Waals surface area contributed by atoms with E-state index in [-0.39, 0.29) is 11.8 Å². The highest BCUT2D eigenvalue weighted by Gasteiger charge is 2.26. The number of para-hydroxylation sites is 1. The lowest BCUT2D eigenvalue weighted by molar-refractivity contribution is -0.140. The molecule has 4 N–H and O–H groups in total. The fourth-order valence-electron chi connectivity index (χ4n) is 3.53. The fraction of sp³-hybridized carbons (Fsp3) is 0.143. The van der Waals surface area contributed by atoms with E-state index in [1.165, 1.54) is 6.20 Å². The van der Waals surface area contributed by atoms with Gasteiger partial charge in [0.25, 0.3) is 5.89 Å². The number of halogens is 1. The van der Waals surface area contributed by atoms with Crippen molar-refractivity contribution in [2.45, 2.75) is 19.9 Å². The van der Waals surface area contributed by atoms with Gasteiger partial charge < -0.3 is 30.2 Å². The third kappa shape index (κ3) is 7.14. The van der Waals surface area contributed by atoms with Crippen LogP contribution in [0.15, 0.2) is 83.4 Å². The maximum Gasteiger partial charge on any atom is 0.326 e. The number of carbonyl (C=O) groups is 3. The third-order valence-corrected chi connectivity index (χ3v) is 5.74. The van der Waals surface area contributed by atoms with Crippen LogP contribution >= 0.6 is 11.6 Å². The van der Waals surface area contributed by atoms with E-state index < -0.39 is 23.9 Å². The Morgan fingerprint density at radius 2 is 1.69 bits per heavy atom. The first-order valence-corrected chi connectivity index (χ1v) is 12.3. The van der Waals surface area contributed by atoms with Crippen LogP contribution in [-0.2, 0) is 4.79 Å². The van der Waals surface area contributed by atoms with Crippen molar-refractivity contribution in [3.05, 3.63) is 89.9 Å². The molecule has 1 aromatic heterocycles. The monoisotopic (exact) mass is 548 g/mol. The number of aliphatic carboxylic acids is 1. The van der Waals surface area contributed by atoms with Crippen molar-refractivity contribution in [1.82, 2.24) is 10.3 Å². The number of carbonyl (C=O) groups excluding carboxylic acids is 2. The minimum atomic E-state index is -1.15. The van der Waals surface area contributed by atoms with Crippen molar-refractivity contribution in [2.75, 3.05) is 10.6 Å². The Bertz CT molecular complexity index is 1470. The molecule has 1 unspecified atom stereocenters. The molecule has 200 valence electrons. The molecule has 39 heavy (non-hydrogen) atoms. The maximum atomic E-state index is 12.7. The molecule has 0 saturated heterocycles. The highest BCUT2D eigenvalue weighted by Crippen LogP contribution is 2.32. The summed E-state index contributed by atoms with van der Waals surface area (Å²) < 4.78 is 11.4. The van der Waals surface area contributed by atoms with Gasteiger partial charge in [-0.25, -0.2) is 14.6 Å². The van der Waals surface area contributed by atoms with Gasteiger partial charge >= 0.3 is 17.9 Å². The molecule has 3 amide bonds. The molecule has 0 saturated carbocycles. The summed E-state index contributed by atoms with van der Waals surface area (Å²) >= 11 is 6.11. The topological polar surface area (TPSA) is 143 Å². The molecule has 10 nitrogen and oxygen atoms in total. The Labute approximate surface area is 229 Å². The summed E-state index contributed by atoms with van der Waals surface area (Å²) in [7, 11) is 0. The standard InChI is InChI=1S/C28H25ClN4O6/c1-16(2)24(27(35)36)33-25(34)26-30-15-23(39-26)17-8-11-19(12-9-17)31-28(37)32-21-13-10-18(29)14-22(21)38-20-6-4-3-5-7-20/h3-16,24H,1-2H3,(H,33,34)(H,35,36)(H2,31,32,37). The Kier molecular flexibility index (Phi) is 8.47. The number of hydrogen-bond acceptors (Lipinski definition) is 6. The molecule has 0 bridgehead atoms. The first kappa shape index (κ1) is 27.2. The van der Waals surface area contributed by atoms with Gasteiger partial charge in [-0.05, 0) is 54.4 Å². The number of anilines is 2. The molecule has 4 aromatic rings. The van der Waals surface area contributed by atoms with E-state index in [1.807, 2.05) is 18.2 Å². The average molecular weight is 549 g/mol. The van der Waals surface area contributed by atoms with E-state index in [0.29, 0.717) is 39.2 Å². The predicted molar refractivity (Wildman–Crippen MR) is 146 cm³/mol. The lowest BCUT2D eigenvalue weighted by atomic mass is 10.1. The van der Waals surface area contributed by atoms with Crippen LogP contribution < -0.4 is 20.7 Å². The van der Waals surface area contributed by atoms with Gasteiger partial charge in [-0.1, -0.05) is 43.6 Å². The van der Waals surface area contributed by atoms with Crippen LogP contribution in [0.5, 0.6) is 11.5 Å². The van der Waals surface area contributed by atoms with Crippen LogP contribution in [0.3, 0.4) is 0 Å². The molecular formula is C28H25ClN4O6. The second-order valence-corrected chi connectivity index (χ2v) is 9.21. The number of ether oxygens (including phenoxy) is 1. The first-order valence-electron chi connectivity index (χ1n) is 11.9. The van der Waals surface area contributed by atoms with Crippen molar-refractivity contribution in [1.29, 1.82) is 0 Å². The van der Waals surface area contributed by atoms with Crippen molar-refractivity contribution in [3.8, 4) is 22.8 Å². The van der Waals surface area contributed by atoms with Crippen LogP contribution in [-0.4, -0.2) is 34.0 Å². The van der Waals surface area contributed by atoms with Crippen LogP contribution in [0.4, 0.5) is 16.2 Å². The van der Waals surface area contributed by atoms with Gasteiger partial charge in [0.05, 0.1) is 11.9 Å². The van der Waals surface area contributed by atoms with Gasteiger partial charge in [0.1, 0.15) is 11.8 Å². The number of benzene rings is 3. The molecule has 0 aliphatic carbocycles. The Morgan fingerprint density at radius 3 is 2.36 bits per heavy atom. The van der Waals surface area contributed by atoms with E-state index >= 15 is 0 Å². The minimum absolute atomic E-state index is 0.255. The SMILES string of the molecule is CC(C)C(NC(=O)c1ncc(-c2ccc(NC(=O)Nc3ccc(Cl)cc3Oc3ccccc3)cc2)o1)C(=O)O. The highest BCUT2D eigenvalue weighted by molar-refractivity contribution is 6.30. The number of hydrogen-bond donors (Lipinski definition) is 4. The summed E-state index contributed by atoms with van der Waals surface area (Å²) in [5.74, 6) is -1.17. The Morgan fingerprint density at radius 1 is 0.974 bits per heavy atom. The number of rotatable bonds is 9. The number of carboxylic acids is 1. The van der Waals surface area contributed by atoms with Gasteiger partial charge in [0.15, 0.2) is 11.5 Å². The summed E-state index contributed by atoms with van der Waals surface area (Å²) in [6.45, 7) is 3.37. The molecule has 1 atom stereocenters. The summed E-state index contributed by atoms with van der Waals surface area (Å²) in [6, 6.07) is 19.1. The summed E-state index contributed by atoms with van der Waals surface area (Å²) in [6.07, 6.45) is 1.37. The molecule has 3 aromatic carbocycles. The average Bonchev–Trinajstić information content (AvgIpc) is 3.40. The van der Waals surface area contributed by atoms with Crippen LogP contribution in [0.2, 0.25) is 5.02 Å². The summed E-state index contributed by atoms with van der Waals surface area (Å²) in [4.78, 5) is 40.3. The lowest BCUT2D eigenvalue weighted by Gasteiger charge is -2.16. The van der Waals surface area contributed by atoms with Crippen LogP contribution in [0.1, 0.15) is 24.5 Å². The number of oxazole rings is 1. The second kappa shape index (κ2) is 12.1. The van der Waals surface area contributed by atoms with Gasteiger partial charge in [-0.3, -0.25) is 4.79 Å². The zero-order valence-corrected chi connectivity index (χ0v) is 21.7. The molecule has 0 spiro atoms. The minimum Gasteiger partial charge on any atom is -0.480 e. The largest absolute Gasteiger partial charge is 0.480 e. The Balaban J connectivity index is 1.39. The molecule has 1 heterocycles. The van der Waals surface area contributed by atoms with E-state index in [4.69, 9.17) is 20.8 Å². The maximum absolute atomic E-state index is 12.7. The predicted octanol–water partition coefficient (Wildman–Crippen LogP) is 6.27. The number of carboxylic acid groups (broad SMARTS) is 1. The van der Waals surface area contributed by atoms with E-state index in [2.05, 4.69) is 20.9 Å². The quantitative estimate of drug-likeness (QED) is 0.193. The van der Waals surface area contributed by atoms with Gasteiger partial charge in [-0.2, -0.15) is 0 Å². The zero-order valence-electron chi connectivity index (χ0n) is 21.0. The second-order valence-electron chi connectivity index (χ2n) is 8.78. The number of aromatic nitrogens is 1. The number of nitrogens with zero attached hydrogens (tertiary/aromatic N) is 1. The highest BCUT2D eigenvalue weighted by atomic mass is 35.5. The molecule has 11 heteroatoms. The van der Waals surface area contributed by atoms with E-state index in [1.54, 1.807) is 68.4 Å². The first-order chi connectivity index (χ1) is 18.7. The number of nitrogens with one attached hydrogen (secondary N) is 3. The Hall–Kier alpha value is -4.83. The molecular weight excluding hydrogens is 524 g/mol. The lowest BCUT2D eigenvalue weighted by Crippen LogP contribution is -2.44. The summed E-state index contributed by atoms with van der Waals surface area (Å²) in [5.41, 5.74) is 1.52. The summed E-state index contributed by atoms with van der Waals surface area (Å²) in [5, 5.41) is 17.6. The third-order valence-electron chi connectivity index (χ3n) is 5.51. The molecule has 4 rings (SSSR count). The molecule has 0 fully saturated rings. The van der Waals surface area contributed by atoms with Crippen molar-refractivity contribution >= 4 is 40.9 Å². The number of amides is 3. The fourth-order valence-corrected chi connectivity index (χ4v) is 3.69. The van der Waals surface area contributed by atoms with Crippen molar-refractivity contribution in [2.24, 2.45) is 5.92 Å². The van der Waals surface area contributed by atoms with Crippen LogP contribution in [0.25, 0.3) is 11.3 Å². The smallest absolute Gasteiger partial charge is 0.326 e. The molecule has 0 radical (unpaired) electrons. The normalized spacial score (nSPS) is 11.5. The molecule has 0 aliphatic rings. The van der Waals surface area contributed by atoms with Crippen molar-refractivity contribution < 1.29 is 28.6 Å². The van der Waals surface area contributed by atoms with Gasteiger partial charge in [0, 0.05) is 22.3 Å². The van der Waals surface area contributed by atoms with Crippen molar-refractivity contribution in [3.63, 3.8) is 0 Å². The zero-order chi connectivity index (χ0) is 27.9. The van der Waals surface area contributed by atoms with Gasteiger partial charge in [0.2, 0.25) is 0 Å². The number of urea groups is 1.